The van der Waals surface area contributed by atoms with Crippen molar-refractivity contribution < 1.29 is 67.1 Å². The van der Waals surface area contributed by atoms with Crippen LogP contribution in [-0.4, -0.2) is 390 Å². The zero-order chi connectivity index (χ0) is 83.0. The van der Waals surface area contributed by atoms with Crippen LogP contribution in [0.3, 0.4) is 0 Å². The SMILES string of the molecule is CSCCC(CSC)NC(=O)C(CN)N1C(=O)CC(SCCN(CCSC2CC(=O)N(C(CN)C(=O)NC(CCSC)CSC)C2=O)C(=O)NCCN(CCNC(=O)N(CCSC2CC(=O)N(C(CN)C(=O)NC(CCSC)CSC)C2=O)CCSC2CC(=O)N(C(CN)C(=O)NC(CCSC)CSC)C2=O)C(C)C)C1=O. The van der Waals surface area contributed by atoms with Gasteiger partial charge in [0.05, 0.1) is 21.0 Å². The molecule has 0 aromatic heterocycles. The summed E-state index contributed by atoms with van der Waals surface area (Å²) in [5.74, 6) is -0.0634. The number of nitrogens with one attached hydrogen (secondary N) is 6. The van der Waals surface area contributed by atoms with Gasteiger partial charge in [0.2, 0.25) is 70.9 Å². The molecular formula is C69H121N17O14S12. The van der Waals surface area contributed by atoms with E-state index in [0.29, 0.717) is 61.8 Å². The van der Waals surface area contributed by atoms with E-state index in [-0.39, 0.29) is 144 Å². The molecule has 0 spiro atoms. The van der Waals surface area contributed by atoms with Crippen LogP contribution in [0.4, 0.5) is 9.59 Å². The van der Waals surface area contributed by atoms with Crippen molar-refractivity contribution in [3.63, 3.8) is 0 Å². The zero-order valence-corrected chi connectivity index (χ0v) is 76.0. The molecule has 4 aliphatic heterocycles. The number of imide groups is 4. The molecule has 0 aromatic carbocycles. The van der Waals surface area contributed by atoms with Crippen LogP contribution in [-0.2, 0) is 57.5 Å². The molecule has 4 aliphatic rings. The van der Waals surface area contributed by atoms with Gasteiger partial charge in [-0.3, -0.25) is 82.0 Å². The molecule has 638 valence electrons. The molecule has 0 aliphatic carbocycles. The van der Waals surface area contributed by atoms with E-state index >= 15 is 0 Å². The van der Waals surface area contributed by atoms with E-state index in [1.807, 2.05) is 68.8 Å². The molecule has 16 amide bonds. The fraction of sp³-hybridized carbons (Fsp3) is 0.797. The highest BCUT2D eigenvalue weighted by molar-refractivity contribution is 8.02. The highest BCUT2D eigenvalue weighted by Gasteiger charge is 2.49. The van der Waals surface area contributed by atoms with Crippen LogP contribution in [0, 0.1) is 0 Å². The molecule has 43 heteroatoms. The van der Waals surface area contributed by atoms with Gasteiger partial charge >= 0.3 is 12.1 Å². The third kappa shape index (κ3) is 32.3. The molecule has 112 heavy (non-hydrogen) atoms. The number of rotatable bonds is 59. The molecule has 0 aromatic rings. The van der Waals surface area contributed by atoms with Gasteiger partial charge in [0.15, 0.2) is 0 Å². The van der Waals surface area contributed by atoms with Gasteiger partial charge in [-0.25, -0.2) is 9.59 Å². The molecule has 4 fully saturated rings. The molecule has 4 rings (SSSR count). The smallest absolute Gasteiger partial charge is 0.317 e. The molecule has 14 N–H and O–H groups in total. The van der Waals surface area contributed by atoms with Gasteiger partial charge in [-0.05, 0) is 113 Å². The second-order valence-electron chi connectivity index (χ2n) is 27.0. The molecule has 0 bridgehead atoms. The van der Waals surface area contributed by atoms with Crippen molar-refractivity contribution in [2.45, 2.75) is 141 Å². The van der Waals surface area contributed by atoms with Gasteiger partial charge in [-0.1, -0.05) is 0 Å². The maximum atomic E-state index is 14.4. The number of carbonyl (C=O) groups excluding carboxylic acids is 14. The maximum absolute atomic E-state index is 14.4. The Kier molecular flexibility index (Phi) is 50.4. The summed E-state index contributed by atoms with van der Waals surface area (Å²) < 4.78 is 0. The Balaban J connectivity index is 1.51. The van der Waals surface area contributed by atoms with Crippen LogP contribution >= 0.6 is 141 Å². The first-order valence-electron chi connectivity index (χ1n) is 37.4. The normalized spacial score (nSPS) is 19.5. The largest absolute Gasteiger partial charge is 0.351 e. The van der Waals surface area contributed by atoms with E-state index in [2.05, 4.69) is 31.9 Å². The van der Waals surface area contributed by atoms with E-state index in [9.17, 15) is 67.1 Å². The standard InChI is InChI=1S/C69H121N17O14S12/c1-43(2)80(17-15-74-68(99)81(19-27-109-52-31-56(87)83(64(52)95)48(35-70)60(91)76-44(39-105-7)11-23-101-3)20-28-110-53-32-57(88)84(65(53)96)49(36-71)61(92)77-45(40-106-8)12-24-102-4)18-16-75-69(100)82(21-29-111-54-33-58(89)85(66(54)97)50(37-72)62(93)78-46(41-107-9)13-25-103-5)22-30-112-55-34-59(90)86(67(55)98)51(38-73)63(94)79-47(42-108-10)14-26-104-6/h43-55H,11-42,70-73H2,1-10H3,(H,74,99)(H,75,100)(H,76,91)(H,77,92)(H,78,93)(H,79,94). The topological polar surface area (TPSA) is 438 Å². The highest BCUT2D eigenvalue weighted by Crippen LogP contribution is 2.32. The Bertz CT molecular complexity index is 2710. The lowest BCUT2D eigenvalue weighted by atomic mass is 10.2. The van der Waals surface area contributed by atoms with E-state index in [4.69, 9.17) is 22.9 Å². The second-order valence-corrected chi connectivity index (χ2v) is 39.8. The average molecular weight is 1800 g/mol. The first-order chi connectivity index (χ1) is 53.7. The minimum Gasteiger partial charge on any atom is -0.351 e. The van der Waals surface area contributed by atoms with Gasteiger partial charge < -0.3 is 64.6 Å². The lowest BCUT2D eigenvalue weighted by Gasteiger charge is -2.29. The van der Waals surface area contributed by atoms with Gasteiger partial charge in [-0.15, -0.1) is 47.0 Å². The van der Waals surface area contributed by atoms with E-state index in [0.717, 1.165) is 89.7 Å². The Labute approximate surface area is 712 Å². The fourth-order valence-electron chi connectivity index (χ4n) is 12.8. The summed E-state index contributed by atoms with van der Waals surface area (Å²) in [5.41, 5.74) is 24.4. The third-order valence-electron chi connectivity index (χ3n) is 18.8. The number of hydrogen-bond acceptors (Lipinski definition) is 31. The summed E-state index contributed by atoms with van der Waals surface area (Å²) in [7, 11) is 0. The lowest BCUT2D eigenvalue weighted by molar-refractivity contribution is -0.146. The van der Waals surface area contributed by atoms with Crippen molar-refractivity contribution in [2.24, 2.45) is 22.9 Å². The first-order valence-corrected chi connectivity index (χ1v) is 52.7. The van der Waals surface area contributed by atoms with Crippen molar-refractivity contribution in [2.75, 3.05) is 198 Å². The van der Waals surface area contributed by atoms with Crippen molar-refractivity contribution in [3.8, 4) is 0 Å². The van der Waals surface area contributed by atoms with Gasteiger partial charge in [0.25, 0.3) is 0 Å². The molecule has 31 nitrogen and oxygen atoms in total. The van der Waals surface area contributed by atoms with Crippen molar-refractivity contribution in [1.82, 2.24) is 66.2 Å². The van der Waals surface area contributed by atoms with Crippen LogP contribution < -0.4 is 54.8 Å². The number of urea groups is 2. The summed E-state index contributed by atoms with van der Waals surface area (Å²) in [5, 5.41) is 14.5. The Morgan fingerprint density at radius 3 is 0.768 bits per heavy atom. The summed E-state index contributed by atoms with van der Waals surface area (Å²) in [4.78, 5) is 203. The Morgan fingerprint density at radius 1 is 0.357 bits per heavy atom. The molecule has 4 heterocycles. The monoisotopic (exact) mass is 1800 g/mol. The van der Waals surface area contributed by atoms with Crippen molar-refractivity contribution >= 4 is 224 Å². The number of amides is 16. The summed E-state index contributed by atoms with van der Waals surface area (Å²) in [6.07, 6.45) is 17.6. The van der Waals surface area contributed by atoms with Gasteiger partial charge in [-0.2, -0.15) is 94.1 Å². The van der Waals surface area contributed by atoms with Crippen LogP contribution in [0.1, 0.15) is 65.2 Å². The minimum absolute atomic E-state index is 0.0687. The quantitative estimate of drug-likeness (QED) is 0.0378. The highest BCUT2D eigenvalue weighted by atomic mass is 32.2. The molecular weight excluding hydrogens is 1680 g/mol. The van der Waals surface area contributed by atoms with E-state index in [1.54, 1.807) is 94.1 Å². The molecule has 4 saturated heterocycles. The van der Waals surface area contributed by atoms with Crippen LogP contribution in [0.25, 0.3) is 0 Å². The number of carbonyl (C=O) groups is 14. The minimum atomic E-state index is -1.22. The maximum Gasteiger partial charge on any atom is 0.317 e. The lowest BCUT2D eigenvalue weighted by Crippen LogP contribution is -2.55. The number of nitrogens with zero attached hydrogens (tertiary/aromatic N) is 7. The summed E-state index contributed by atoms with van der Waals surface area (Å²) >= 11 is 17.5. The predicted molar refractivity (Wildman–Crippen MR) is 472 cm³/mol. The second kappa shape index (κ2) is 55.7. The van der Waals surface area contributed by atoms with Gasteiger partial charge in [0.1, 0.15) is 24.2 Å². The Hall–Kier alpha value is -3.02. The molecule has 0 saturated carbocycles. The fourth-order valence-corrected chi connectivity index (χ4v) is 22.0. The van der Waals surface area contributed by atoms with Crippen LogP contribution in [0.5, 0.6) is 0 Å². The average Bonchev–Trinajstić information content (AvgIpc) is 1.68. The van der Waals surface area contributed by atoms with E-state index in [1.165, 1.54) is 9.80 Å². The van der Waals surface area contributed by atoms with E-state index < -0.39 is 128 Å². The summed E-state index contributed by atoms with van der Waals surface area (Å²) in [6, 6.07) is -6.74. The van der Waals surface area contributed by atoms with Crippen LogP contribution in [0.15, 0.2) is 0 Å². The zero-order valence-electron chi connectivity index (χ0n) is 66.2. The first kappa shape index (κ1) is 101. The van der Waals surface area contributed by atoms with Crippen molar-refractivity contribution in [3.05, 3.63) is 0 Å². The predicted octanol–water partition coefficient (Wildman–Crippen LogP) is 0.876. The molecule has 12 unspecified atom stereocenters. The number of thioether (sulfide) groups is 12. The van der Waals surface area contributed by atoms with Crippen LogP contribution in [0.2, 0.25) is 0 Å². The number of likely N-dealkylation sites (tertiary alicyclic amines) is 4. The molecule has 0 radical (unpaired) electrons. The number of nitrogens with two attached hydrogens (primary N) is 4. The number of hydrogen-bond donors (Lipinski definition) is 10. The third-order valence-corrected chi connectivity index (χ3v) is 29.1. The van der Waals surface area contributed by atoms with Crippen molar-refractivity contribution in [1.29, 1.82) is 0 Å². The van der Waals surface area contributed by atoms with Gasteiger partial charge in [0, 0.05) is 180 Å². The Morgan fingerprint density at radius 2 is 0.580 bits per heavy atom. The summed E-state index contributed by atoms with van der Waals surface area (Å²) in [6.45, 7) is 3.90. The molecule has 12 atom stereocenters.